The normalized spacial score (nSPS) is 12.5. The summed E-state index contributed by atoms with van der Waals surface area (Å²) in [5, 5.41) is 4.56. The number of benzene rings is 2. The Morgan fingerprint density at radius 1 is 1.09 bits per heavy atom. The lowest BCUT2D eigenvalue weighted by molar-refractivity contribution is -0.116. The molecule has 2 heterocycles. The monoisotopic (exact) mass is 460 g/mol. The molecule has 0 fully saturated rings. The molecule has 0 saturated carbocycles. The van der Waals surface area contributed by atoms with Crippen molar-refractivity contribution in [3.63, 3.8) is 0 Å². The molecule has 1 amide bonds. The minimum Gasteiger partial charge on any atom is -0.486 e. The van der Waals surface area contributed by atoms with Crippen LogP contribution in [0, 0.1) is 0 Å². The van der Waals surface area contributed by atoms with E-state index >= 15 is 0 Å². The number of thiazole rings is 1. The van der Waals surface area contributed by atoms with Crippen LogP contribution < -0.4 is 19.5 Å². The first-order valence-electron chi connectivity index (χ1n) is 9.72. The van der Waals surface area contributed by atoms with E-state index in [1.807, 2.05) is 0 Å². The number of nitrogens with one attached hydrogen (secondary N) is 1. The first-order chi connectivity index (χ1) is 15.5. The Bertz CT molecular complexity index is 1140. The number of fused-ring (bicyclic) bond motifs is 1. The number of ether oxygens (including phenoxy) is 3. The number of hydrogen-bond donors (Lipinski definition) is 1. The van der Waals surface area contributed by atoms with Crippen LogP contribution in [0.1, 0.15) is 23.2 Å². The second-order valence-electron chi connectivity index (χ2n) is 6.74. The van der Waals surface area contributed by atoms with Gasteiger partial charge in [0.1, 0.15) is 19.0 Å². The standard InChI is InChI=1S/C22H18F2N2O5S/c23-21(24)31-17-4-2-1-3-14(17)15-12-32-22(25-15)26-20(28)8-6-16(27)13-5-7-18-19(11-13)30-10-9-29-18/h1-5,7,11-12,21H,6,8-10H2,(H,25,26,28). The Morgan fingerprint density at radius 3 is 2.69 bits per heavy atom. The summed E-state index contributed by atoms with van der Waals surface area (Å²) in [4.78, 5) is 29.0. The summed E-state index contributed by atoms with van der Waals surface area (Å²) >= 11 is 1.14. The molecule has 0 aliphatic carbocycles. The summed E-state index contributed by atoms with van der Waals surface area (Å²) in [6.45, 7) is -2.08. The molecule has 0 saturated heterocycles. The third-order valence-electron chi connectivity index (χ3n) is 4.57. The molecule has 0 radical (unpaired) electrons. The van der Waals surface area contributed by atoms with Crippen molar-refractivity contribution in [3.05, 3.63) is 53.4 Å². The highest BCUT2D eigenvalue weighted by molar-refractivity contribution is 7.14. The third kappa shape index (κ3) is 5.20. The van der Waals surface area contributed by atoms with Gasteiger partial charge in [0.05, 0.1) is 5.69 Å². The Morgan fingerprint density at radius 2 is 1.88 bits per heavy atom. The van der Waals surface area contributed by atoms with Gasteiger partial charge in [0.15, 0.2) is 22.4 Å². The summed E-state index contributed by atoms with van der Waals surface area (Å²) in [7, 11) is 0. The molecule has 166 valence electrons. The number of halogens is 2. The molecule has 1 aromatic heterocycles. The number of alkyl halides is 2. The topological polar surface area (TPSA) is 86.8 Å². The molecular formula is C22H18F2N2O5S. The van der Waals surface area contributed by atoms with Crippen LogP contribution in [0.4, 0.5) is 13.9 Å². The molecule has 3 aromatic rings. The van der Waals surface area contributed by atoms with E-state index < -0.39 is 6.61 Å². The van der Waals surface area contributed by atoms with Gasteiger partial charge in [0.25, 0.3) is 0 Å². The Kier molecular flexibility index (Phi) is 6.60. The summed E-state index contributed by atoms with van der Waals surface area (Å²) in [6, 6.07) is 11.2. The summed E-state index contributed by atoms with van der Waals surface area (Å²) in [5.74, 6) is 0.517. The third-order valence-corrected chi connectivity index (χ3v) is 5.33. The first-order valence-corrected chi connectivity index (χ1v) is 10.6. The number of Topliss-reactive ketones (excluding diaryl/α,β-unsaturated/α-hetero) is 1. The van der Waals surface area contributed by atoms with Gasteiger partial charge in [0, 0.05) is 29.3 Å². The molecule has 1 N–H and O–H groups in total. The Labute approximate surface area is 185 Å². The number of rotatable bonds is 8. The maximum absolute atomic E-state index is 12.6. The smallest absolute Gasteiger partial charge is 0.387 e. The van der Waals surface area contributed by atoms with E-state index in [4.69, 9.17) is 9.47 Å². The number of aromatic nitrogens is 1. The maximum atomic E-state index is 12.6. The first kappa shape index (κ1) is 21.7. The SMILES string of the molecule is O=C(CCC(=O)c1ccc2c(c1)OCCO2)Nc1nc(-c2ccccc2OC(F)F)cs1. The van der Waals surface area contributed by atoms with Gasteiger partial charge in [-0.05, 0) is 30.3 Å². The predicted molar refractivity (Wildman–Crippen MR) is 114 cm³/mol. The van der Waals surface area contributed by atoms with Crippen molar-refractivity contribution in [1.82, 2.24) is 4.98 Å². The van der Waals surface area contributed by atoms with Crippen LogP contribution in [0.25, 0.3) is 11.3 Å². The minimum atomic E-state index is -2.96. The van der Waals surface area contributed by atoms with E-state index in [1.54, 1.807) is 41.8 Å². The predicted octanol–water partition coefficient (Wildman–Crippen LogP) is 4.78. The lowest BCUT2D eigenvalue weighted by atomic mass is 10.1. The van der Waals surface area contributed by atoms with Gasteiger partial charge in [-0.1, -0.05) is 12.1 Å². The van der Waals surface area contributed by atoms with Crippen molar-refractivity contribution in [3.8, 4) is 28.5 Å². The van der Waals surface area contributed by atoms with Gasteiger partial charge in [-0.2, -0.15) is 8.78 Å². The van der Waals surface area contributed by atoms with Gasteiger partial charge in [-0.3, -0.25) is 9.59 Å². The number of carbonyl (C=O) groups excluding carboxylic acids is 2. The van der Waals surface area contributed by atoms with Crippen LogP contribution in [-0.2, 0) is 4.79 Å². The number of para-hydroxylation sites is 1. The van der Waals surface area contributed by atoms with Crippen LogP contribution in [0.3, 0.4) is 0 Å². The fraction of sp³-hybridized carbons (Fsp3) is 0.227. The van der Waals surface area contributed by atoms with E-state index in [0.29, 0.717) is 46.7 Å². The molecule has 1 aliphatic rings. The van der Waals surface area contributed by atoms with Crippen LogP contribution in [0.5, 0.6) is 17.2 Å². The van der Waals surface area contributed by atoms with Crippen LogP contribution in [0.15, 0.2) is 47.8 Å². The van der Waals surface area contributed by atoms with Gasteiger partial charge in [-0.25, -0.2) is 4.98 Å². The maximum Gasteiger partial charge on any atom is 0.387 e. The molecule has 10 heteroatoms. The zero-order chi connectivity index (χ0) is 22.5. The molecule has 0 atom stereocenters. The number of anilines is 1. The number of nitrogens with zero attached hydrogens (tertiary/aromatic N) is 1. The summed E-state index contributed by atoms with van der Waals surface area (Å²) in [5.41, 5.74) is 1.22. The quantitative estimate of drug-likeness (QED) is 0.487. The highest BCUT2D eigenvalue weighted by Crippen LogP contribution is 2.33. The molecule has 2 aromatic carbocycles. The van der Waals surface area contributed by atoms with Crippen LogP contribution in [0.2, 0.25) is 0 Å². The van der Waals surface area contributed by atoms with Crippen molar-refractivity contribution in [2.45, 2.75) is 19.5 Å². The molecule has 0 bridgehead atoms. The zero-order valence-electron chi connectivity index (χ0n) is 16.7. The number of ketones is 1. The van der Waals surface area contributed by atoms with E-state index in [9.17, 15) is 18.4 Å². The summed E-state index contributed by atoms with van der Waals surface area (Å²) in [6.07, 6.45) is -0.0258. The fourth-order valence-corrected chi connectivity index (χ4v) is 3.83. The average molecular weight is 460 g/mol. The largest absolute Gasteiger partial charge is 0.486 e. The van der Waals surface area contributed by atoms with Gasteiger partial charge in [0.2, 0.25) is 5.91 Å². The Hall–Kier alpha value is -3.53. The summed E-state index contributed by atoms with van der Waals surface area (Å²) < 4.78 is 40.6. The molecule has 0 spiro atoms. The second-order valence-corrected chi connectivity index (χ2v) is 7.60. The highest BCUT2D eigenvalue weighted by Gasteiger charge is 2.17. The molecule has 7 nitrogen and oxygen atoms in total. The van der Waals surface area contributed by atoms with Gasteiger partial charge in [-0.15, -0.1) is 11.3 Å². The van der Waals surface area contributed by atoms with Crippen LogP contribution in [-0.4, -0.2) is 36.5 Å². The molecule has 4 rings (SSSR count). The van der Waals surface area contributed by atoms with E-state index in [1.165, 1.54) is 6.07 Å². The highest BCUT2D eigenvalue weighted by atomic mass is 32.1. The lowest BCUT2D eigenvalue weighted by Gasteiger charge is -2.18. The van der Waals surface area contributed by atoms with Crippen molar-refractivity contribution in [2.24, 2.45) is 0 Å². The average Bonchev–Trinajstić information content (AvgIpc) is 3.25. The molecule has 1 aliphatic heterocycles. The lowest BCUT2D eigenvalue weighted by Crippen LogP contribution is -2.16. The van der Waals surface area contributed by atoms with Crippen molar-refractivity contribution >= 4 is 28.2 Å². The van der Waals surface area contributed by atoms with Crippen molar-refractivity contribution in [2.75, 3.05) is 18.5 Å². The van der Waals surface area contributed by atoms with E-state index in [2.05, 4.69) is 15.0 Å². The Balaban J connectivity index is 1.34. The van der Waals surface area contributed by atoms with E-state index in [-0.39, 0.29) is 30.3 Å². The molecule has 32 heavy (non-hydrogen) atoms. The number of amides is 1. The molecule has 0 unspecified atom stereocenters. The number of hydrogen-bond acceptors (Lipinski definition) is 7. The van der Waals surface area contributed by atoms with Crippen molar-refractivity contribution in [1.29, 1.82) is 0 Å². The minimum absolute atomic E-state index is 0.00398. The van der Waals surface area contributed by atoms with Crippen LogP contribution >= 0.6 is 11.3 Å². The van der Waals surface area contributed by atoms with Gasteiger partial charge >= 0.3 is 6.61 Å². The fourth-order valence-electron chi connectivity index (χ4n) is 3.10. The number of carbonyl (C=O) groups is 2. The van der Waals surface area contributed by atoms with Crippen molar-refractivity contribution < 1.29 is 32.6 Å². The molecular weight excluding hydrogens is 442 g/mol. The van der Waals surface area contributed by atoms with E-state index in [0.717, 1.165) is 11.3 Å². The second kappa shape index (κ2) is 9.73. The van der Waals surface area contributed by atoms with Gasteiger partial charge < -0.3 is 19.5 Å². The zero-order valence-corrected chi connectivity index (χ0v) is 17.5.